The van der Waals surface area contributed by atoms with Gasteiger partial charge in [0.25, 0.3) is 5.56 Å². The Labute approximate surface area is 82.9 Å². The second-order valence-electron chi connectivity index (χ2n) is 3.18. The van der Waals surface area contributed by atoms with Crippen LogP contribution in [0.5, 0.6) is 0 Å². The van der Waals surface area contributed by atoms with E-state index in [1.54, 1.807) is 24.3 Å². The lowest BCUT2D eigenvalue weighted by molar-refractivity contribution is 0.592. The maximum absolute atomic E-state index is 11.5. The molecule has 0 saturated heterocycles. The Morgan fingerprint density at radius 3 is 2.87 bits per heavy atom. The summed E-state index contributed by atoms with van der Waals surface area (Å²) < 4.78 is 6.55. The summed E-state index contributed by atoms with van der Waals surface area (Å²) in [5.41, 5.74) is 0.486. The summed E-state index contributed by atoms with van der Waals surface area (Å²) in [4.78, 5) is 25.0. The predicted molar refractivity (Wildman–Crippen MR) is 53.6 cm³/mol. The van der Waals surface area contributed by atoms with Gasteiger partial charge in [0.2, 0.25) is 0 Å². The van der Waals surface area contributed by atoms with Gasteiger partial charge in [-0.1, -0.05) is 12.1 Å². The summed E-state index contributed by atoms with van der Waals surface area (Å²) in [5.74, 6) is 0. The van der Waals surface area contributed by atoms with Crippen LogP contribution in [0.15, 0.2) is 44.5 Å². The number of nitrogens with zero attached hydrogens (tertiary/aromatic N) is 1. The van der Waals surface area contributed by atoms with E-state index in [0.717, 1.165) is 0 Å². The van der Waals surface area contributed by atoms with Gasteiger partial charge >= 0.3 is 5.69 Å². The summed E-state index contributed by atoms with van der Waals surface area (Å²) in [5, 5.41) is 0. The summed E-state index contributed by atoms with van der Waals surface area (Å²) >= 11 is 0. The average Bonchev–Trinajstić information content (AvgIpc) is 2.55. The van der Waals surface area contributed by atoms with Crippen molar-refractivity contribution in [1.82, 2.24) is 9.55 Å². The van der Waals surface area contributed by atoms with E-state index < -0.39 is 11.2 Å². The van der Waals surface area contributed by atoms with Crippen LogP contribution in [-0.2, 0) is 0 Å². The minimum Gasteiger partial charge on any atom is -0.460 e. The monoisotopic (exact) mass is 202 g/mol. The zero-order valence-electron chi connectivity index (χ0n) is 7.56. The first-order valence-corrected chi connectivity index (χ1v) is 4.38. The molecule has 1 aromatic carbocycles. The van der Waals surface area contributed by atoms with Gasteiger partial charge in [-0.15, -0.1) is 0 Å². The highest BCUT2D eigenvalue weighted by Crippen LogP contribution is 2.15. The van der Waals surface area contributed by atoms with Crippen molar-refractivity contribution in [3.8, 4) is 5.69 Å². The van der Waals surface area contributed by atoms with E-state index in [2.05, 4.69) is 4.98 Å². The molecule has 0 amide bonds. The molecule has 5 heteroatoms. The number of imidazole rings is 1. The quantitative estimate of drug-likeness (QED) is 0.583. The Morgan fingerprint density at radius 2 is 2.00 bits per heavy atom. The van der Waals surface area contributed by atoms with Gasteiger partial charge in [0, 0.05) is 0 Å². The van der Waals surface area contributed by atoms with Crippen LogP contribution in [0.2, 0.25) is 0 Å². The Morgan fingerprint density at radius 1 is 1.20 bits per heavy atom. The number of aromatic nitrogens is 2. The van der Waals surface area contributed by atoms with Crippen LogP contribution in [0.4, 0.5) is 0 Å². The summed E-state index contributed by atoms with van der Waals surface area (Å²) in [6.45, 7) is 0. The van der Waals surface area contributed by atoms with Crippen molar-refractivity contribution in [2.24, 2.45) is 0 Å². The number of aromatic amines is 1. The molecule has 15 heavy (non-hydrogen) atoms. The maximum atomic E-state index is 11.5. The molecule has 0 atom stereocenters. The van der Waals surface area contributed by atoms with Gasteiger partial charge in [0.15, 0.2) is 11.3 Å². The third-order valence-corrected chi connectivity index (χ3v) is 2.30. The average molecular weight is 202 g/mol. The first kappa shape index (κ1) is 8.05. The number of para-hydroxylation sites is 2. The van der Waals surface area contributed by atoms with E-state index in [0.29, 0.717) is 11.1 Å². The fourth-order valence-electron chi connectivity index (χ4n) is 1.63. The van der Waals surface area contributed by atoms with Crippen LogP contribution in [0, 0.1) is 0 Å². The normalized spacial score (nSPS) is 11.2. The molecule has 0 spiro atoms. The fraction of sp³-hybridized carbons (Fsp3) is 0. The van der Waals surface area contributed by atoms with Crippen LogP contribution in [0.3, 0.4) is 0 Å². The smallest absolute Gasteiger partial charge is 0.333 e. The third kappa shape index (κ3) is 0.969. The topological polar surface area (TPSA) is 68.0 Å². The molecule has 3 rings (SSSR count). The number of hydrogen-bond acceptors (Lipinski definition) is 3. The van der Waals surface area contributed by atoms with Crippen LogP contribution in [0.25, 0.3) is 16.8 Å². The minimum absolute atomic E-state index is 0.221. The summed E-state index contributed by atoms with van der Waals surface area (Å²) in [7, 11) is 0. The molecule has 5 nitrogen and oxygen atoms in total. The second kappa shape index (κ2) is 2.60. The lowest BCUT2D eigenvalue weighted by Gasteiger charge is -2.03. The first-order chi connectivity index (χ1) is 7.27. The van der Waals surface area contributed by atoms with Gasteiger partial charge in [-0.25, -0.2) is 4.79 Å². The molecular weight excluding hydrogens is 196 g/mol. The SMILES string of the molecule is O=c1[nH]c(=O)n2c3ccccc3occ1-2. The van der Waals surface area contributed by atoms with Crippen molar-refractivity contribution in [1.29, 1.82) is 0 Å². The zero-order chi connectivity index (χ0) is 10.4. The van der Waals surface area contributed by atoms with Crippen molar-refractivity contribution in [2.75, 3.05) is 0 Å². The standard InChI is InChI=1S/C10H6N2O3/c13-9-7-5-15-8-4-2-1-3-6(8)12(7)10(14)11-9/h1-5H,(H,11,13,14). The summed E-state index contributed by atoms with van der Waals surface area (Å²) in [6.07, 6.45) is 1.28. The van der Waals surface area contributed by atoms with Gasteiger partial charge in [-0.05, 0) is 12.1 Å². The largest absolute Gasteiger partial charge is 0.460 e. The van der Waals surface area contributed by atoms with E-state index in [1.807, 2.05) is 0 Å². The van der Waals surface area contributed by atoms with E-state index in [4.69, 9.17) is 4.42 Å². The van der Waals surface area contributed by atoms with Crippen molar-refractivity contribution < 1.29 is 4.42 Å². The highest BCUT2D eigenvalue weighted by molar-refractivity contribution is 5.74. The van der Waals surface area contributed by atoms with Crippen LogP contribution in [-0.4, -0.2) is 9.55 Å². The van der Waals surface area contributed by atoms with E-state index in [9.17, 15) is 9.59 Å². The second-order valence-corrected chi connectivity index (χ2v) is 3.18. The molecule has 1 aromatic rings. The molecule has 0 saturated carbocycles. The van der Waals surface area contributed by atoms with E-state index in [1.165, 1.54) is 10.8 Å². The lowest BCUT2D eigenvalue weighted by atomic mass is 10.3. The van der Waals surface area contributed by atoms with E-state index in [-0.39, 0.29) is 5.69 Å². The first-order valence-electron chi connectivity index (χ1n) is 4.38. The van der Waals surface area contributed by atoms with Gasteiger partial charge in [-0.3, -0.25) is 14.3 Å². The predicted octanol–water partition coefficient (Wildman–Crippen LogP) is 0.710. The minimum atomic E-state index is -0.443. The molecule has 0 aromatic heterocycles. The number of rotatable bonds is 0. The number of H-pyrrole nitrogens is 1. The Bertz CT molecular complexity index is 719. The van der Waals surface area contributed by atoms with Crippen molar-refractivity contribution in [3.63, 3.8) is 0 Å². The van der Waals surface area contributed by atoms with Crippen LogP contribution >= 0.6 is 0 Å². The molecule has 0 aliphatic carbocycles. The number of fused-ring (bicyclic) bond motifs is 3. The lowest BCUT2D eigenvalue weighted by Crippen LogP contribution is -2.14. The molecule has 0 fully saturated rings. The highest BCUT2D eigenvalue weighted by atomic mass is 16.3. The molecule has 2 heterocycles. The molecule has 0 unspecified atom stereocenters. The fourth-order valence-corrected chi connectivity index (χ4v) is 1.63. The number of benzene rings is 1. The van der Waals surface area contributed by atoms with Crippen molar-refractivity contribution in [3.05, 3.63) is 51.4 Å². The zero-order valence-corrected chi connectivity index (χ0v) is 7.56. The highest BCUT2D eigenvalue weighted by Gasteiger charge is 2.14. The molecule has 74 valence electrons. The van der Waals surface area contributed by atoms with Gasteiger partial charge < -0.3 is 4.42 Å². The third-order valence-electron chi connectivity index (χ3n) is 2.30. The number of nitrogens with one attached hydrogen (secondary N) is 1. The molecule has 1 N–H and O–H groups in total. The van der Waals surface area contributed by atoms with Crippen LogP contribution in [0.1, 0.15) is 0 Å². The maximum Gasteiger partial charge on any atom is 0.333 e. The van der Waals surface area contributed by atoms with Crippen molar-refractivity contribution >= 4 is 11.1 Å². The van der Waals surface area contributed by atoms with E-state index >= 15 is 0 Å². The molecule has 2 aliphatic rings. The summed E-state index contributed by atoms with van der Waals surface area (Å²) in [6, 6.07) is 7.04. The van der Waals surface area contributed by atoms with Crippen molar-refractivity contribution in [2.45, 2.75) is 0 Å². The molecule has 0 radical (unpaired) electrons. The van der Waals surface area contributed by atoms with Gasteiger partial charge in [0.1, 0.15) is 6.26 Å². The molecule has 2 aliphatic heterocycles. The number of hydrogen-bond donors (Lipinski definition) is 1. The van der Waals surface area contributed by atoms with Gasteiger partial charge in [0.05, 0.1) is 5.52 Å². The molecular formula is C10H6N2O3. The van der Waals surface area contributed by atoms with Crippen LogP contribution < -0.4 is 11.2 Å². The Hall–Kier alpha value is -2.30. The Kier molecular flexibility index (Phi) is 1.39. The molecule has 0 bridgehead atoms. The Balaban J connectivity index is 2.68. The van der Waals surface area contributed by atoms with Gasteiger partial charge in [-0.2, -0.15) is 0 Å².